The Bertz CT molecular complexity index is 1290. The number of thiophene rings is 1. The first-order valence-electron chi connectivity index (χ1n) is 10.6. The number of methoxy groups -OCH3 is 1. The Labute approximate surface area is 196 Å². The van der Waals surface area contributed by atoms with Crippen molar-refractivity contribution in [2.24, 2.45) is 11.1 Å². The number of carbonyl (C=O) groups is 1. The summed E-state index contributed by atoms with van der Waals surface area (Å²) in [5.41, 5.74) is 9.83. The van der Waals surface area contributed by atoms with Crippen LogP contribution in [0.2, 0.25) is 0 Å². The third-order valence-corrected chi connectivity index (χ3v) is 8.14. The van der Waals surface area contributed by atoms with E-state index in [1.54, 1.807) is 18.4 Å². The highest BCUT2D eigenvalue weighted by molar-refractivity contribution is 7.15. The van der Waals surface area contributed by atoms with Crippen LogP contribution in [0.15, 0.2) is 23.1 Å². The van der Waals surface area contributed by atoms with Crippen LogP contribution in [-0.2, 0) is 6.42 Å². The number of H-pyrrole nitrogens is 1. The quantitative estimate of drug-likeness (QED) is 0.479. The van der Waals surface area contributed by atoms with Crippen LogP contribution in [0, 0.1) is 5.41 Å². The summed E-state index contributed by atoms with van der Waals surface area (Å²) < 4.78 is 5.84. The zero-order chi connectivity index (χ0) is 22.1. The summed E-state index contributed by atoms with van der Waals surface area (Å²) in [5, 5.41) is 9.74. The van der Waals surface area contributed by atoms with E-state index in [1.165, 1.54) is 16.6 Å². The summed E-state index contributed by atoms with van der Waals surface area (Å²) in [6.07, 6.45) is 5.41. The second kappa shape index (κ2) is 7.90. The zero-order valence-electron chi connectivity index (χ0n) is 18.3. The van der Waals surface area contributed by atoms with Crippen LogP contribution in [-0.4, -0.2) is 23.2 Å². The lowest BCUT2D eigenvalue weighted by molar-refractivity contribution is 0.0695. The number of benzene rings is 1. The Hall–Kier alpha value is -2.35. The van der Waals surface area contributed by atoms with E-state index in [4.69, 9.17) is 10.5 Å². The summed E-state index contributed by atoms with van der Waals surface area (Å²) in [4.78, 5) is 29.7. The molecule has 0 spiro atoms. The second-order valence-corrected chi connectivity index (χ2v) is 10.5. The first-order chi connectivity index (χ1) is 14.7. The molecule has 6 nitrogen and oxygen atoms in total. The number of carboxylic acid groups (broad SMARTS) is 1. The highest BCUT2D eigenvalue weighted by Crippen LogP contribution is 2.53. The largest absolute Gasteiger partial charge is 0.494 e. The van der Waals surface area contributed by atoms with Crippen LogP contribution in [0.1, 0.15) is 71.4 Å². The smallest absolute Gasteiger partial charge is 0.341 e. The van der Waals surface area contributed by atoms with Gasteiger partial charge in [-0.3, -0.25) is 4.79 Å². The molecule has 2 aliphatic carbocycles. The van der Waals surface area contributed by atoms with Gasteiger partial charge in [0.1, 0.15) is 5.56 Å². The number of hydrogen-bond acceptors (Lipinski definition) is 5. The fraction of sp³-hybridized carbons (Fsp3) is 0.417. The number of pyridine rings is 1. The molecule has 2 aromatic heterocycles. The monoisotopic (exact) mass is 474 g/mol. The van der Waals surface area contributed by atoms with Crippen molar-refractivity contribution in [2.75, 3.05) is 7.11 Å². The van der Waals surface area contributed by atoms with Crippen LogP contribution < -0.4 is 15.9 Å². The molecule has 32 heavy (non-hydrogen) atoms. The van der Waals surface area contributed by atoms with Crippen molar-refractivity contribution in [2.45, 2.75) is 51.5 Å². The number of halogens is 1. The minimum Gasteiger partial charge on any atom is -0.494 e. The number of aromatic carboxylic acids is 1. The van der Waals surface area contributed by atoms with Gasteiger partial charge in [0.25, 0.3) is 0 Å². The SMILES string of the molecule is COc1c(-c2cc3c(s2)C(N)C(C)(C)CC3)c(C2CC2)cc2c(=O)c(C(=O)O)c[nH]c12.Cl. The molecule has 1 unspecified atom stereocenters. The molecule has 0 amide bonds. The van der Waals surface area contributed by atoms with Gasteiger partial charge in [-0.05, 0) is 60.3 Å². The number of nitrogens with two attached hydrogens (primary N) is 1. The average Bonchev–Trinajstić information content (AvgIpc) is 3.48. The van der Waals surface area contributed by atoms with Gasteiger partial charge in [-0.1, -0.05) is 13.8 Å². The van der Waals surface area contributed by atoms with Crippen molar-refractivity contribution >= 4 is 40.6 Å². The standard InChI is InChI=1S/C24H26N2O4S.ClH/c1-24(2)7-6-12-8-16(31-21(12)22(24)25)17-13(11-4-5-11)9-14-18(20(17)30-3)26-10-15(19(14)27)23(28)29;/h8-11,22H,4-7,25H2,1-3H3,(H,26,27)(H,28,29);1H. The number of hydrogen-bond donors (Lipinski definition) is 3. The fourth-order valence-electron chi connectivity index (χ4n) is 4.68. The predicted octanol–water partition coefficient (Wildman–Crippen LogP) is 5.23. The third kappa shape index (κ3) is 3.43. The van der Waals surface area contributed by atoms with E-state index in [0.29, 0.717) is 22.6 Å². The minimum absolute atomic E-state index is 0. The summed E-state index contributed by atoms with van der Waals surface area (Å²) >= 11 is 1.72. The van der Waals surface area contributed by atoms with E-state index < -0.39 is 11.4 Å². The number of aromatic amines is 1. The lowest BCUT2D eigenvalue weighted by Gasteiger charge is -2.35. The second-order valence-electron chi connectivity index (χ2n) is 9.37. The highest BCUT2D eigenvalue weighted by Gasteiger charge is 2.37. The molecule has 0 bridgehead atoms. The normalized spacial score (nSPS) is 19.3. The Morgan fingerprint density at radius 3 is 2.66 bits per heavy atom. The number of nitrogens with one attached hydrogen (secondary N) is 1. The maximum atomic E-state index is 12.9. The van der Waals surface area contributed by atoms with Crippen molar-refractivity contribution in [3.63, 3.8) is 0 Å². The van der Waals surface area contributed by atoms with Gasteiger partial charge in [-0.2, -0.15) is 0 Å². The van der Waals surface area contributed by atoms with Crippen molar-refractivity contribution < 1.29 is 14.6 Å². The van der Waals surface area contributed by atoms with Gasteiger partial charge >= 0.3 is 5.97 Å². The molecular weight excluding hydrogens is 448 g/mol. The van der Waals surface area contributed by atoms with Crippen molar-refractivity contribution in [3.8, 4) is 16.2 Å². The Kier molecular flexibility index (Phi) is 5.64. The summed E-state index contributed by atoms with van der Waals surface area (Å²) in [6, 6.07) is 4.09. The van der Waals surface area contributed by atoms with E-state index in [0.717, 1.165) is 41.7 Å². The number of aryl methyl sites for hydroxylation is 1. The van der Waals surface area contributed by atoms with Crippen LogP contribution in [0.4, 0.5) is 0 Å². The number of ether oxygens (including phenoxy) is 1. The molecule has 170 valence electrons. The Morgan fingerprint density at radius 2 is 2.03 bits per heavy atom. The summed E-state index contributed by atoms with van der Waals surface area (Å²) in [5.74, 6) is -0.285. The van der Waals surface area contributed by atoms with Gasteiger partial charge in [0.15, 0.2) is 5.75 Å². The molecule has 2 aliphatic rings. The fourth-order valence-corrected chi connectivity index (χ4v) is 6.17. The molecule has 2 heterocycles. The molecule has 4 N–H and O–H groups in total. The van der Waals surface area contributed by atoms with Gasteiger partial charge in [0, 0.05) is 27.6 Å². The topological polar surface area (TPSA) is 105 Å². The van der Waals surface area contributed by atoms with Crippen molar-refractivity contribution in [1.29, 1.82) is 0 Å². The average molecular weight is 475 g/mol. The van der Waals surface area contributed by atoms with Gasteiger partial charge in [-0.15, -0.1) is 23.7 Å². The lowest BCUT2D eigenvalue weighted by atomic mass is 9.74. The van der Waals surface area contributed by atoms with E-state index in [-0.39, 0.29) is 29.4 Å². The molecule has 0 radical (unpaired) electrons. The van der Waals surface area contributed by atoms with E-state index in [2.05, 4.69) is 24.9 Å². The Balaban J connectivity index is 0.00000245. The zero-order valence-corrected chi connectivity index (χ0v) is 19.9. The molecule has 1 aromatic carbocycles. The van der Waals surface area contributed by atoms with E-state index >= 15 is 0 Å². The highest BCUT2D eigenvalue weighted by atomic mass is 35.5. The number of fused-ring (bicyclic) bond motifs is 2. The molecular formula is C24H27ClN2O4S. The molecule has 5 rings (SSSR count). The van der Waals surface area contributed by atoms with Gasteiger partial charge in [-0.25, -0.2) is 4.79 Å². The number of carboxylic acids is 1. The van der Waals surface area contributed by atoms with Gasteiger partial charge in [0.2, 0.25) is 5.43 Å². The van der Waals surface area contributed by atoms with Crippen LogP contribution >= 0.6 is 23.7 Å². The Morgan fingerprint density at radius 1 is 1.31 bits per heavy atom. The van der Waals surface area contributed by atoms with E-state index in [9.17, 15) is 14.7 Å². The number of aromatic nitrogens is 1. The van der Waals surface area contributed by atoms with Crippen LogP contribution in [0.3, 0.4) is 0 Å². The van der Waals surface area contributed by atoms with E-state index in [1.807, 2.05) is 6.07 Å². The maximum absolute atomic E-state index is 12.9. The molecule has 0 aliphatic heterocycles. The van der Waals surface area contributed by atoms with Crippen molar-refractivity contribution in [3.05, 3.63) is 50.1 Å². The predicted molar refractivity (Wildman–Crippen MR) is 130 cm³/mol. The van der Waals surface area contributed by atoms with Crippen LogP contribution in [0.25, 0.3) is 21.3 Å². The van der Waals surface area contributed by atoms with Crippen LogP contribution in [0.5, 0.6) is 5.75 Å². The maximum Gasteiger partial charge on any atom is 0.341 e. The molecule has 1 saturated carbocycles. The molecule has 1 atom stereocenters. The van der Waals surface area contributed by atoms with Gasteiger partial charge < -0.3 is 20.6 Å². The van der Waals surface area contributed by atoms with Gasteiger partial charge in [0.05, 0.1) is 18.0 Å². The molecule has 1 fully saturated rings. The molecule has 8 heteroatoms. The minimum atomic E-state index is -1.23. The van der Waals surface area contributed by atoms with Crippen molar-refractivity contribution in [1.82, 2.24) is 4.98 Å². The first kappa shape index (κ1) is 22.8. The summed E-state index contributed by atoms with van der Waals surface area (Å²) in [7, 11) is 1.60. The first-order valence-corrected chi connectivity index (χ1v) is 11.4. The molecule has 0 saturated heterocycles. The lowest BCUT2D eigenvalue weighted by Crippen LogP contribution is -2.32. The molecule has 3 aromatic rings. The third-order valence-electron chi connectivity index (χ3n) is 6.86. The number of rotatable bonds is 4. The summed E-state index contributed by atoms with van der Waals surface area (Å²) in [6.45, 7) is 4.44.